The van der Waals surface area contributed by atoms with Gasteiger partial charge in [0.05, 0.1) is 6.61 Å². The molecule has 0 saturated carbocycles. The van der Waals surface area contributed by atoms with Crippen LogP contribution in [0.4, 0.5) is 0 Å². The SMILES string of the molecule is CCCCCCCCCOC(=O)C(C)(O)C(=O)C(C)O. The van der Waals surface area contributed by atoms with Crippen LogP contribution >= 0.6 is 0 Å². The number of carbonyl (C=O) groups is 2. The van der Waals surface area contributed by atoms with E-state index in [9.17, 15) is 14.7 Å². The van der Waals surface area contributed by atoms with Crippen LogP contribution < -0.4 is 0 Å². The van der Waals surface area contributed by atoms with Gasteiger partial charge in [-0.05, 0) is 20.3 Å². The first kappa shape index (κ1) is 19.1. The van der Waals surface area contributed by atoms with E-state index in [2.05, 4.69) is 6.92 Å². The molecule has 2 atom stereocenters. The number of Topliss-reactive ketones (excluding diaryl/α,β-unsaturated/α-hetero) is 1. The zero-order chi connectivity index (χ0) is 15.6. The number of ketones is 1. The molecule has 0 aromatic carbocycles. The van der Waals surface area contributed by atoms with E-state index in [0.29, 0.717) is 0 Å². The van der Waals surface area contributed by atoms with E-state index in [1.165, 1.54) is 32.6 Å². The average molecular weight is 288 g/mol. The topological polar surface area (TPSA) is 83.8 Å². The molecular formula is C15H28O5. The molecule has 0 spiro atoms. The second-order valence-corrected chi connectivity index (χ2v) is 5.37. The van der Waals surface area contributed by atoms with E-state index >= 15 is 0 Å². The lowest BCUT2D eigenvalue weighted by Gasteiger charge is -2.21. The summed E-state index contributed by atoms with van der Waals surface area (Å²) in [7, 11) is 0. The van der Waals surface area contributed by atoms with E-state index < -0.39 is 23.5 Å². The van der Waals surface area contributed by atoms with Crippen LogP contribution in [0.25, 0.3) is 0 Å². The monoisotopic (exact) mass is 288 g/mol. The van der Waals surface area contributed by atoms with Crippen LogP contribution in [-0.4, -0.2) is 40.3 Å². The maximum absolute atomic E-state index is 11.6. The molecule has 20 heavy (non-hydrogen) atoms. The minimum atomic E-state index is -2.27. The van der Waals surface area contributed by atoms with Gasteiger partial charge in [-0.2, -0.15) is 0 Å². The first-order valence-electron chi connectivity index (χ1n) is 7.46. The van der Waals surface area contributed by atoms with Crippen molar-refractivity contribution in [1.29, 1.82) is 0 Å². The Morgan fingerprint density at radius 2 is 1.60 bits per heavy atom. The van der Waals surface area contributed by atoms with Gasteiger partial charge in [-0.15, -0.1) is 0 Å². The first-order chi connectivity index (χ1) is 9.34. The van der Waals surface area contributed by atoms with Gasteiger partial charge in [0.15, 0.2) is 0 Å². The van der Waals surface area contributed by atoms with Crippen LogP contribution in [0.3, 0.4) is 0 Å². The summed E-state index contributed by atoms with van der Waals surface area (Å²) in [5, 5.41) is 18.8. The van der Waals surface area contributed by atoms with Gasteiger partial charge in [-0.25, -0.2) is 4.79 Å². The minimum Gasteiger partial charge on any atom is -0.463 e. The summed E-state index contributed by atoms with van der Waals surface area (Å²) < 4.78 is 4.88. The second kappa shape index (κ2) is 9.88. The fourth-order valence-corrected chi connectivity index (χ4v) is 1.87. The molecule has 0 aliphatic rings. The molecule has 5 nitrogen and oxygen atoms in total. The highest BCUT2D eigenvalue weighted by Gasteiger charge is 2.42. The Labute approximate surface area is 121 Å². The summed E-state index contributed by atoms with van der Waals surface area (Å²) in [4.78, 5) is 23.0. The molecule has 2 N–H and O–H groups in total. The second-order valence-electron chi connectivity index (χ2n) is 5.37. The Morgan fingerprint density at radius 3 is 2.10 bits per heavy atom. The Hall–Kier alpha value is -0.940. The summed E-state index contributed by atoms with van der Waals surface area (Å²) in [6.45, 7) is 4.62. The van der Waals surface area contributed by atoms with E-state index in [1.54, 1.807) is 0 Å². The molecule has 0 aliphatic carbocycles. The van der Waals surface area contributed by atoms with Crippen LogP contribution in [0.1, 0.15) is 65.7 Å². The molecule has 0 radical (unpaired) electrons. The third-order valence-electron chi connectivity index (χ3n) is 3.24. The number of esters is 1. The zero-order valence-electron chi connectivity index (χ0n) is 12.9. The maximum Gasteiger partial charge on any atom is 0.345 e. The smallest absolute Gasteiger partial charge is 0.345 e. The van der Waals surface area contributed by atoms with Gasteiger partial charge in [0.25, 0.3) is 0 Å². The highest BCUT2D eigenvalue weighted by Crippen LogP contribution is 2.12. The van der Waals surface area contributed by atoms with Gasteiger partial charge < -0.3 is 14.9 Å². The molecule has 0 aliphatic heterocycles. The lowest BCUT2D eigenvalue weighted by atomic mass is 9.97. The highest BCUT2D eigenvalue weighted by atomic mass is 16.6. The van der Waals surface area contributed by atoms with Gasteiger partial charge in [0.1, 0.15) is 6.10 Å². The highest BCUT2D eigenvalue weighted by molar-refractivity contribution is 6.08. The van der Waals surface area contributed by atoms with Gasteiger partial charge >= 0.3 is 5.97 Å². The summed E-state index contributed by atoms with van der Waals surface area (Å²) in [6, 6.07) is 0. The molecule has 0 aromatic rings. The van der Waals surface area contributed by atoms with Crippen molar-refractivity contribution in [1.82, 2.24) is 0 Å². The summed E-state index contributed by atoms with van der Waals surface area (Å²) >= 11 is 0. The van der Waals surface area contributed by atoms with Gasteiger partial charge in [-0.3, -0.25) is 4.79 Å². The van der Waals surface area contributed by atoms with E-state index in [-0.39, 0.29) is 6.61 Å². The molecule has 2 unspecified atom stereocenters. The lowest BCUT2D eigenvalue weighted by Crippen LogP contribution is -2.49. The molecule has 0 aromatic heterocycles. The third kappa shape index (κ3) is 7.01. The molecule has 0 fully saturated rings. The van der Waals surface area contributed by atoms with Crippen LogP contribution in [0.15, 0.2) is 0 Å². The molecule has 0 heterocycles. The van der Waals surface area contributed by atoms with Gasteiger partial charge in [0, 0.05) is 0 Å². The molecule has 0 rings (SSSR count). The zero-order valence-corrected chi connectivity index (χ0v) is 12.9. The molecule has 118 valence electrons. The standard InChI is InChI=1S/C15H28O5/c1-4-5-6-7-8-9-10-11-20-14(18)15(3,19)13(17)12(2)16/h12,16,19H,4-11H2,1-3H3. The molecule has 5 heteroatoms. The van der Waals surface area contributed by atoms with Crippen molar-refractivity contribution < 1.29 is 24.5 Å². The number of aliphatic hydroxyl groups excluding tert-OH is 1. The molecule has 0 bridgehead atoms. The number of aliphatic hydroxyl groups is 2. The van der Waals surface area contributed by atoms with Crippen LogP contribution in [-0.2, 0) is 14.3 Å². The molecule has 0 saturated heterocycles. The lowest BCUT2D eigenvalue weighted by molar-refractivity contribution is -0.171. The quantitative estimate of drug-likeness (QED) is 0.345. The normalized spacial score (nSPS) is 15.4. The average Bonchev–Trinajstić information content (AvgIpc) is 2.40. The van der Waals surface area contributed by atoms with Crippen LogP contribution in [0, 0.1) is 0 Å². The molecule has 0 amide bonds. The van der Waals surface area contributed by atoms with Gasteiger partial charge in [-0.1, -0.05) is 45.4 Å². The Morgan fingerprint density at radius 1 is 1.10 bits per heavy atom. The number of unbranched alkanes of at least 4 members (excludes halogenated alkanes) is 6. The minimum absolute atomic E-state index is 0.190. The van der Waals surface area contributed by atoms with Crippen molar-refractivity contribution in [3.05, 3.63) is 0 Å². The van der Waals surface area contributed by atoms with Crippen LogP contribution in [0.2, 0.25) is 0 Å². The van der Waals surface area contributed by atoms with Crippen molar-refractivity contribution in [2.45, 2.75) is 77.4 Å². The molecular weight excluding hydrogens is 260 g/mol. The fraction of sp³-hybridized carbons (Fsp3) is 0.867. The third-order valence-corrected chi connectivity index (χ3v) is 3.24. The van der Waals surface area contributed by atoms with Crippen molar-refractivity contribution in [3.63, 3.8) is 0 Å². The van der Waals surface area contributed by atoms with E-state index in [1.807, 2.05) is 0 Å². The summed E-state index contributed by atoms with van der Waals surface area (Å²) in [6.07, 6.45) is 6.26. The predicted molar refractivity (Wildman–Crippen MR) is 76.3 cm³/mol. The number of ether oxygens (including phenoxy) is 1. The van der Waals surface area contributed by atoms with Crippen molar-refractivity contribution >= 4 is 11.8 Å². The van der Waals surface area contributed by atoms with E-state index in [4.69, 9.17) is 9.84 Å². The van der Waals surface area contributed by atoms with Crippen molar-refractivity contribution in [2.75, 3.05) is 6.61 Å². The number of carbonyl (C=O) groups excluding carboxylic acids is 2. The van der Waals surface area contributed by atoms with Crippen molar-refractivity contribution in [2.24, 2.45) is 0 Å². The summed E-state index contributed by atoms with van der Waals surface area (Å²) in [5.41, 5.74) is -2.27. The maximum atomic E-state index is 11.6. The Balaban J connectivity index is 3.80. The predicted octanol–water partition coefficient (Wildman–Crippen LogP) is 1.98. The largest absolute Gasteiger partial charge is 0.463 e. The van der Waals surface area contributed by atoms with Crippen LogP contribution in [0.5, 0.6) is 0 Å². The first-order valence-corrected chi connectivity index (χ1v) is 7.46. The van der Waals surface area contributed by atoms with Crippen molar-refractivity contribution in [3.8, 4) is 0 Å². The van der Waals surface area contributed by atoms with E-state index in [0.717, 1.165) is 26.2 Å². The van der Waals surface area contributed by atoms with Gasteiger partial charge in [0.2, 0.25) is 11.4 Å². The Bertz CT molecular complexity index is 297. The number of hydrogen-bond donors (Lipinski definition) is 2. The number of hydrogen-bond acceptors (Lipinski definition) is 5. The number of rotatable bonds is 11. The fourth-order valence-electron chi connectivity index (χ4n) is 1.87. The Kier molecular flexibility index (Phi) is 9.42. The summed E-state index contributed by atoms with van der Waals surface area (Å²) in [5.74, 6) is -1.93.